The van der Waals surface area contributed by atoms with Gasteiger partial charge in [-0.1, -0.05) is 43.6 Å². The van der Waals surface area contributed by atoms with Crippen LogP contribution in [0.15, 0.2) is 60.7 Å². The fraction of sp³-hybridized carbons (Fsp3) is 0.269. The zero-order valence-corrected chi connectivity index (χ0v) is 19.7. The first kappa shape index (κ1) is 23.5. The third kappa shape index (κ3) is 5.95. The monoisotopic (exact) mass is 453 g/mol. The average Bonchev–Trinajstić information content (AvgIpc) is 2.75. The van der Waals surface area contributed by atoms with Crippen LogP contribution in [0.1, 0.15) is 37.8 Å². The number of aryl methyl sites for hydroxylation is 1. The lowest BCUT2D eigenvalue weighted by Crippen LogP contribution is -2.30. The summed E-state index contributed by atoms with van der Waals surface area (Å²) in [6.45, 7) is 7.90. The van der Waals surface area contributed by atoms with Gasteiger partial charge >= 0.3 is 0 Å². The van der Waals surface area contributed by atoms with E-state index in [0.717, 1.165) is 11.1 Å². The molecule has 3 aromatic rings. The molecule has 168 valence electrons. The molecule has 3 rings (SSSR count). The van der Waals surface area contributed by atoms with Gasteiger partial charge in [-0.2, -0.15) is 0 Å². The number of amides is 1. The molecule has 0 bridgehead atoms. The summed E-state index contributed by atoms with van der Waals surface area (Å²) < 4.78 is 17.3. The molecule has 1 amide bonds. The second-order valence-corrected chi connectivity index (χ2v) is 8.30. The van der Waals surface area contributed by atoms with E-state index in [9.17, 15) is 4.79 Å². The molecule has 1 N–H and O–H groups in total. The molecule has 6 heteroatoms. The van der Waals surface area contributed by atoms with Crippen LogP contribution in [0.4, 0.5) is 5.69 Å². The van der Waals surface area contributed by atoms with Crippen LogP contribution in [0, 0.1) is 6.92 Å². The minimum Gasteiger partial charge on any atom is -0.497 e. The molecule has 0 aliphatic carbocycles. The van der Waals surface area contributed by atoms with Crippen molar-refractivity contribution in [3.05, 3.63) is 76.8 Å². The molecule has 0 aromatic heterocycles. The van der Waals surface area contributed by atoms with Crippen molar-refractivity contribution in [2.24, 2.45) is 0 Å². The maximum atomic E-state index is 12.9. The zero-order chi connectivity index (χ0) is 23.3. The van der Waals surface area contributed by atoms with Crippen LogP contribution in [-0.4, -0.2) is 19.1 Å². The molecular formula is C26H28ClNO4. The quantitative estimate of drug-likeness (QED) is 0.399. The van der Waals surface area contributed by atoms with Crippen LogP contribution in [0.5, 0.6) is 23.0 Å². The van der Waals surface area contributed by atoms with Crippen molar-refractivity contribution < 1.29 is 19.0 Å². The lowest BCUT2D eigenvalue weighted by Gasteiger charge is -2.20. The van der Waals surface area contributed by atoms with Crippen molar-refractivity contribution in [1.82, 2.24) is 0 Å². The van der Waals surface area contributed by atoms with Crippen molar-refractivity contribution in [3.8, 4) is 23.0 Å². The summed E-state index contributed by atoms with van der Waals surface area (Å²) >= 11 is 6.18. The Labute approximate surface area is 194 Å². The van der Waals surface area contributed by atoms with Gasteiger partial charge in [0, 0.05) is 11.1 Å². The van der Waals surface area contributed by atoms with Gasteiger partial charge in [-0.3, -0.25) is 4.79 Å². The van der Waals surface area contributed by atoms with Gasteiger partial charge in [-0.05, 0) is 67.3 Å². The highest BCUT2D eigenvalue weighted by molar-refractivity contribution is 6.31. The summed E-state index contributed by atoms with van der Waals surface area (Å²) in [5, 5.41) is 3.36. The van der Waals surface area contributed by atoms with Crippen LogP contribution in [0.25, 0.3) is 0 Å². The van der Waals surface area contributed by atoms with Crippen molar-refractivity contribution in [2.75, 3.05) is 12.4 Å². The first-order chi connectivity index (χ1) is 15.3. The number of ether oxygens (including phenoxy) is 3. The molecule has 0 heterocycles. The first-order valence-electron chi connectivity index (χ1n) is 10.5. The second kappa shape index (κ2) is 10.4. The summed E-state index contributed by atoms with van der Waals surface area (Å²) in [4.78, 5) is 12.9. The summed E-state index contributed by atoms with van der Waals surface area (Å²) in [6, 6.07) is 18.3. The highest BCUT2D eigenvalue weighted by atomic mass is 35.5. The number of halogens is 1. The van der Waals surface area contributed by atoms with Crippen LogP contribution < -0.4 is 19.5 Å². The number of hydrogen-bond donors (Lipinski definition) is 1. The minimum absolute atomic E-state index is 0.275. The molecule has 0 saturated carbocycles. The van der Waals surface area contributed by atoms with Gasteiger partial charge in [0.15, 0.2) is 11.9 Å². The first-order valence-corrected chi connectivity index (χ1v) is 10.8. The Hall–Kier alpha value is -3.18. The van der Waals surface area contributed by atoms with Gasteiger partial charge in [0.05, 0.1) is 12.8 Å². The number of carbonyl (C=O) groups excluding carboxylic acids is 1. The predicted molar refractivity (Wildman–Crippen MR) is 129 cm³/mol. The van der Waals surface area contributed by atoms with Gasteiger partial charge in [0.25, 0.3) is 5.91 Å². The van der Waals surface area contributed by atoms with E-state index < -0.39 is 6.10 Å². The molecule has 0 aliphatic rings. The highest BCUT2D eigenvalue weighted by Crippen LogP contribution is 2.34. The van der Waals surface area contributed by atoms with Crippen LogP contribution in [-0.2, 0) is 4.79 Å². The number of anilines is 1. The average molecular weight is 454 g/mol. The number of hydrogen-bond acceptors (Lipinski definition) is 4. The Morgan fingerprint density at radius 2 is 1.69 bits per heavy atom. The topological polar surface area (TPSA) is 56.8 Å². The van der Waals surface area contributed by atoms with Gasteiger partial charge < -0.3 is 19.5 Å². The van der Waals surface area contributed by atoms with E-state index >= 15 is 0 Å². The van der Waals surface area contributed by atoms with Crippen LogP contribution in [0.2, 0.25) is 5.02 Å². The third-order valence-electron chi connectivity index (χ3n) is 4.93. The fourth-order valence-corrected chi connectivity index (χ4v) is 3.35. The summed E-state index contributed by atoms with van der Waals surface area (Å²) in [5.41, 5.74) is 2.58. The molecule has 0 radical (unpaired) electrons. The number of nitrogens with one attached hydrogen (secondary N) is 1. The van der Waals surface area contributed by atoms with E-state index in [1.165, 1.54) is 0 Å². The van der Waals surface area contributed by atoms with Crippen LogP contribution in [0.3, 0.4) is 0 Å². The molecule has 0 aliphatic heterocycles. The molecular weight excluding hydrogens is 426 g/mol. The van der Waals surface area contributed by atoms with Gasteiger partial charge in [-0.25, -0.2) is 0 Å². The lowest BCUT2D eigenvalue weighted by atomic mass is 10.0. The van der Waals surface area contributed by atoms with Crippen molar-refractivity contribution >= 4 is 23.2 Å². The van der Waals surface area contributed by atoms with Crippen LogP contribution >= 0.6 is 11.6 Å². The number of benzene rings is 3. The van der Waals surface area contributed by atoms with Gasteiger partial charge in [0.2, 0.25) is 0 Å². The maximum Gasteiger partial charge on any atom is 0.265 e. The molecule has 0 spiro atoms. The molecule has 3 aromatic carbocycles. The van der Waals surface area contributed by atoms with E-state index in [2.05, 4.69) is 19.2 Å². The Bertz CT molecular complexity index is 1100. The normalized spacial score (nSPS) is 11.7. The maximum absolute atomic E-state index is 12.9. The number of rotatable bonds is 8. The van der Waals surface area contributed by atoms with E-state index in [1.54, 1.807) is 44.4 Å². The van der Waals surface area contributed by atoms with E-state index in [4.69, 9.17) is 25.8 Å². The number of carbonyl (C=O) groups is 1. The molecule has 0 fully saturated rings. The van der Waals surface area contributed by atoms with E-state index in [1.807, 2.05) is 37.3 Å². The third-order valence-corrected chi connectivity index (χ3v) is 5.17. The van der Waals surface area contributed by atoms with Gasteiger partial charge in [0.1, 0.15) is 17.2 Å². The Morgan fingerprint density at radius 1 is 0.938 bits per heavy atom. The largest absolute Gasteiger partial charge is 0.497 e. The van der Waals surface area contributed by atoms with Crippen molar-refractivity contribution in [2.45, 2.75) is 39.7 Å². The Morgan fingerprint density at radius 3 is 2.41 bits per heavy atom. The molecule has 32 heavy (non-hydrogen) atoms. The zero-order valence-electron chi connectivity index (χ0n) is 18.9. The standard InChI is InChI=1S/C26H28ClNO4/c1-16(2)22-11-9-17(3)13-25(22)31-18(4)26(29)28-23-14-19(27)10-12-24(23)32-21-8-6-7-20(15-21)30-5/h6-16,18H,1-5H3,(H,28,29)/t18-/m0/s1. The molecule has 5 nitrogen and oxygen atoms in total. The van der Waals surface area contributed by atoms with Crippen molar-refractivity contribution in [3.63, 3.8) is 0 Å². The SMILES string of the molecule is COc1cccc(Oc2ccc(Cl)cc2NC(=O)[C@H](C)Oc2cc(C)ccc2C(C)C)c1. The summed E-state index contributed by atoms with van der Waals surface area (Å²) in [5.74, 6) is 2.38. The molecule has 0 saturated heterocycles. The summed E-state index contributed by atoms with van der Waals surface area (Å²) in [6.07, 6.45) is -0.724. The minimum atomic E-state index is -0.724. The molecule has 0 unspecified atom stereocenters. The van der Waals surface area contributed by atoms with Gasteiger partial charge in [-0.15, -0.1) is 0 Å². The van der Waals surface area contributed by atoms with Crippen molar-refractivity contribution in [1.29, 1.82) is 0 Å². The fourth-order valence-electron chi connectivity index (χ4n) is 3.18. The Balaban J connectivity index is 1.78. The highest BCUT2D eigenvalue weighted by Gasteiger charge is 2.20. The predicted octanol–water partition coefficient (Wildman–Crippen LogP) is 6.98. The smallest absolute Gasteiger partial charge is 0.265 e. The van der Waals surface area contributed by atoms with E-state index in [0.29, 0.717) is 33.7 Å². The second-order valence-electron chi connectivity index (χ2n) is 7.87. The number of methoxy groups -OCH3 is 1. The Kier molecular flexibility index (Phi) is 7.65. The summed E-state index contributed by atoms with van der Waals surface area (Å²) in [7, 11) is 1.59. The van der Waals surface area contributed by atoms with E-state index in [-0.39, 0.29) is 11.8 Å². The lowest BCUT2D eigenvalue weighted by molar-refractivity contribution is -0.122. The molecule has 1 atom stereocenters.